The number of hydrogen-bond acceptors (Lipinski definition) is 3. The number of nitrogens with zero attached hydrogens (tertiary/aromatic N) is 2. The Kier molecular flexibility index (Phi) is 2.87. The SMILES string of the molecule is Cn1nccc1C(=O)NC1(CC(=O)O)CCC1. The van der Waals surface area contributed by atoms with Gasteiger partial charge in [-0.1, -0.05) is 0 Å². The molecule has 0 saturated heterocycles. The van der Waals surface area contributed by atoms with Gasteiger partial charge in [0.2, 0.25) is 0 Å². The number of rotatable bonds is 4. The van der Waals surface area contributed by atoms with Crippen molar-refractivity contribution in [3.63, 3.8) is 0 Å². The molecule has 1 aliphatic rings. The van der Waals surface area contributed by atoms with Crippen LogP contribution in [-0.4, -0.2) is 32.3 Å². The van der Waals surface area contributed by atoms with Gasteiger partial charge in [0.25, 0.3) is 5.91 Å². The minimum Gasteiger partial charge on any atom is -0.481 e. The van der Waals surface area contributed by atoms with E-state index >= 15 is 0 Å². The van der Waals surface area contributed by atoms with Crippen molar-refractivity contribution in [1.29, 1.82) is 0 Å². The number of aromatic nitrogens is 2. The maximum atomic E-state index is 12.0. The molecule has 6 nitrogen and oxygen atoms in total. The van der Waals surface area contributed by atoms with E-state index in [2.05, 4.69) is 10.4 Å². The number of carboxylic acid groups (broad SMARTS) is 1. The molecule has 1 fully saturated rings. The first-order chi connectivity index (χ1) is 8.02. The highest BCUT2D eigenvalue weighted by atomic mass is 16.4. The van der Waals surface area contributed by atoms with Crippen molar-refractivity contribution in [2.75, 3.05) is 0 Å². The van der Waals surface area contributed by atoms with Crippen LogP contribution in [0.1, 0.15) is 36.2 Å². The molecule has 0 unspecified atom stereocenters. The summed E-state index contributed by atoms with van der Waals surface area (Å²) in [5, 5.41) is 15.6. The van der Waals surface area contributed by atoms with Gasteiger partial charge in [-0.05, 0) is 25.3 Å². The van der Waals surface area contributed by atoms with Crippen LogP contribution in [0.3, 0.4) is 0 Å². The second kappa shape index (κ2) is 4.20. The van der Waals surface area contributed by atoms with E-state index in [1.807, 2.05) is 0 Å². The number of aliphatic carboxylic acids is 1. The zero-order chi connectivity index (χ0) is 12.5. The van der Waals surface area contributed by atoms with Crippen LogP contribution >= 0.6 is 0 Å². The highest BCUT2D eigenvalue weighted by Gasteiger charge is 2.40. The molecule has 0 aromatic carbocycles. The fraction of sp³-hybridized carbons (Fsp3) is 0.545. The molecule has 1 aliphatic carbocycles. The Balaban J connectivity index is 2.07. The quantitative estimate of drug-likeness (QED) is 0.800. The van der Waals surface area contributed by atoms with E-state index in [0.717, 1.165) is 19.3 Å². The Morgan fingerprint density at radius 1 is 1.59 bits per heavy atom. The lowest BCUT2D eigenvalue weighted by atomic mass is 9.74. The Morgan fingerprint density at radius 3 is 2.71 bits per heavy atom. The average Bonchev–Trinajstić information content (AvgIpc) is 2.60. The Morgan fingerprint density at radius 2 is 2.29 bits per heavy atom. The van der Waals surface area contributed by atoms with E-state index in [9.17, 15) is 9.59 Å². The summed E-state index contributed by atoms with van der Waals surface area (Å²) in [6, 6.07) is 1.61. The summed E-state index contributed by atoms with van der Waals surface area (Å²) < 4.78 is 1.47. The Bertz CT molecular complexity index is 449. The van der Waals surface area contributed by atoms with Crippen molar-refractivity contribution in [2.45, 2.75) is 31.2 Å². The van der Waals surface area contributed by atoms with E-state index < -0.39 is 11.5 Å². The summed E-state index contributed by atoms with van der Waals surface area (Å²) in [4.78, 5) is 22.7. The topological polar surface area (TPSA) is 84.2 Å². The first-order valence-corrected chi connectivity index (χ1v) is 5.55. The van der Waals surface area contributed by atoms with Gasteiger partial charge in [-0.3, -0.25) is 14.3 Å². The normalized spacial score (nSPS) is 17.2. The van der Waals surface area contributed by atoms with E-state index in [-0.39, 0.29) is 12.3 Å². The third-order valence-corrected chi connectivity index (χ3v) is 3.23. The van der Waals surface area contributed by atoms with Crippen molar-refractivity contribution in [2.24, 2.45) is 7.05 Å². The molecule has 1 aromatic heterocycles. The molecule has 0 spiro atoms. The molecule has 0 aliphatic heterocycles. The zero-order valence-electron chi connectivity index (χ0n) is 9.64. The summed E-state index contributed by atoms with van der Waals surface area (Å²) in [5.74, 6) is -1.14. The number of aryl methyl sites for hydroxylation is 1. The maximum Gasteiger partial charge on any atom is 0.305 e. The monoisotopic (exact) mass is 237 g/mol. The third kappa shape index (κ3) is 2.30. The van der Waals surface area contributed by atoms with Crippen LogP contribution in [0.25, 0.3) is 0 Å². The van der Waals surface area contributed by atoms with Crippen LogP contribution < -0.4 is 5.32 Å². The smallest absolute Gasteiger partial charge is 0.305 e. The number of carbonyl (C=O) groups is 2. The second-order valence-electron chi connectivity index (χ2n) is 4.50. The van der Waals surface area contributed by atoms with Crippen molar-refractivity contribution < 1.29 is 14.7 Å². The Labute approximate surface area is 98.6 Å². The second-order valence-corrected chi connectivity index (χ2v) is 4.50. The molecular formula is C11H15N3O3. The van der Waals surface area contributed by atoms with Crippen LogP contribution in [0.2, 0.25) is 0 Å². The highest BCUT2D eigenvalue weighted by molar-refractivity contribution is 5.93. The molecule has 92 valence electrons. The molecule has 2 N–H and O–H groups in total. The van der Waals surface area contributed by atoms with Crippen molar-refractivity contribution >= 4 is 11.9 Å². The number of carboxylic acids is 1. The average molecular weight is 237 g/mol. The fourth-order valence-electron chi connectivity index (χ4n) is 2.14. The molecule has 6 heteroatoms. The van der Waals surface area contributed by atoms with Gasteiger partial charge in [-0.2, -0.15) is 5.10 Å². The lowest BCUT2D eigenvalue weighted by Gasteiger charge is -2.41. The zero-order valence-corrected chi connectivity index (χ0v) is 9.64. The van der Waals surface area contributed by atoms with Crippen LogP contribution in [0, 0.1) is 0 Å². The molecule has 17 heavy (non-hydrogen) atoms. The predicted molar refractivity (Wildman–Crippen MR) is 59.5 cm³/mol. The molecule has 1 aromatic rings. The molecule has 1 saturated carbocycles. The van der Waals surface area contributed by atoms with Crippen molar-refractivity contribution in [3.8, 4) is 0 Å². The first-order valence-electron chi connectivity index (χ1n) is 5.55. The minimum atomic E-state index is -0.880. The van der Waals surface area contributed by atoms with Gasteiger partial charge in [0.1, 0.15) is 5.69 Å². The van der Waals surface area contributed by atoms with E-state index in [0.29, 0.717) is 5.69 Å². The molecule has 1 amide bonds. The lowest BCUT2D eigenvalue weighted by molar-refractivity contribution is -0.139. The van der Waals surface area contributed by atoms with Crippen LogP contribution in [0.5, 0.6) is 0 Å². The predicted octanol–water partition coefficient (Wildman–Crippen LogP) is 0.547. The maximum absolute atomic E-state index is 12.0. The fourth-order valence-corrected chi connectivity index (χ4v) is 2.14. The van der Waals surface area contributed by atoms with E-state index in [4.69, 9.17) is 5.11 Å². The minimum absolute atomic E-state index is 0.0173. The molecule has 1 heterocycles. The summed E-state index contributed by atoms with van der Waals surface area (Å²) in [6.07, 6.45) is 3.93. The van der Waals surface area contributed by atoms with E-state index in [1.54, 1.807) is 19.3 Å². The van der Waals surface area contributed by atoms with Crippen LogP contribution in [-0.2, 0) is 11.8 Å². The Hall–Kier alpha value is -1.85. The largest absolute Gasteiger partial charge is 0.481 e. The van der Waals surface area contributed by atoms with Crippen LogP contribution in [0.15, 0.2) is 12.3 Å². The highest BCUT2D eigenvalue weighted by Crippen LogP contribution is 2.35. The molecule has 2 rings (SSSR count). The van der Waals surface area contributed by atoms with Gasteiger partial charge in [-0.25, -0.2) is 0 Å². The summed E-state index contributed by atoms with van der Waals surface area (Å²) in [7, 11) is 1.68. The summed E-state index contributed by atoms with van der Waals surface area (Å²) >= 11 is 0. The van der Waals surface area contributed by atoms with Gasteiger partial charge in [0.15, 0.2) is 0 Å². The van der Waals surface area contributed by atoms with Gasteiger partial charge >= 0.3 is 5.97 Å². The number of nitrogens with one attached hydrogen (secondary N) is 1. The molecule has 0 radical (unpaired) electrons. The lowest BCUT2D eigenvalue weighted by Crippen LogP contribution is -2.54. The van der Waals surface area contributed by atoms with Gasteiger partial charge in [-0.15, -0.1) is 0 Å². The molecule has 0 atom stereocenters. The van der Waals surface area contributed by atoms with Gasteiger partial charge < -0.3 is 10.4 Å². The van der Waals surface area contributed by atoms with Crippen molar-refractivity contribution in [1.82, 2.24) is 15.1 Å². The summed E-state index contributed by atoms with van der Waals surface area (Å²) in [6.45, 7) is 0. The number of carbonyl (C=O) groups excluding carboxylic acids is 1. The van der Waals surface area contributed by atoms with Gasteiger partial charge in [0.05, 0.1) is 12.0 Å². The summed E-state index contributed by atoms with van der Waals surface area (Å²) in [5.41, 5.74) is -0.116. The standard InChI is InChI=1S/C11H15N3O3/c1-14-8(3-6-12-14)10(17)13-11(4-2-5-11)7-9(15)16/h3,6H,2,4-5,7H2,1H3,(H,13,17)(H,15,16). The van der Waals surface area contributed by atoms with E-state index in [1.165, 1.54) is 4.68 Å². The van der Waals surface area contributed by atoms with Gasteiger partial charge in [0, 0.05) is 13.2 Å². The number of amides is 1. The molecule has 0 bridgehead atoms. The first kappa shape index (κ1) is 11.6. The van der Waals surface area contributed by atoms with Crippen LogP contribution in [0.4, 0.5) is 0 Å². The molecular weight excluding hydrogens is 222 g/mol. The number of hydrogen-bond donors (Lipinski definition) is 2. The van der Waals surface area contributed by atoms with Crippen molar-refractivity contribution in [3.05, 3.63) is 18.0 Å². The third-order valence-electron chi connectivity index (χ3n) is 3.23.